The van der Waals surface area contributed by atoms with Crippen molar-refractivity contribution in [1.82, 2.24) is 15.1 Å². The first kappa shape index (κ1) is 13.3. The van der Waals surface area contributed by atoms with Crippen molar-refractivity contribution < 1.29 is 9.59 Å². The molecule has 1 unspecified atom stereocenters. The number of rotatable bonds is 1. The summed E-state index contributed by atoms with van der Waals surface area (Å²) in [4.78, 5) is 27.4. The molecule has 2 aliphatic heterocycles. The highest BCUT2D eigenvalue weighted by molar-refractivity contribution is 5.88. The van der Waals surface area contributed by atoms with Crippen molar-refractivity contribution in [2.75, 3.05) is 33.2 Å². The average Bonchev–Trinajstić information content (AvgIpc) is 2.31. The van der Waals surface area contributed by atoms with E-state index in [1.54, 1.807) is 16.8 Å². The Kier molecular flexibility index (Phi) is 4.58. The zero-order valence-corrected chi connectivity index (χ0v) is 11.2. The van der Waals surface area contributed by atoms with Crippen LogP contribution in [0.2, 0.25) is 0 Å². The standard InChI is InChI=1S/C13H23N3O2/c1-15-8-9-16(10-12(15)17)13(18)11-6-4-2-3-5-7-14-11/h11,14H,2-10H2,1H3. The van der Waals surface area contributed by atoms with Crippen molar-refractivity contribution in [2.45, 2.75) is 38.1 Å². The van der Waals surface area contributed by atoms with E-state index in [0.29, 0.717) is 13.1 Å². The van der Waals surface area contributed by atoms with Crippen molar-refractivity contribution in [3.63, 3.8) is 0 Å². The second-order valence-corrected chi connectivity index (χ2v) is 5.28. The first-order valence-corrected chi connectivity index (χ1v) is 6.94. The van der Waals surface area contributed by atoms with E-state index in [-0.39, 0.29) is 24.4 Å². The van der Waals surface area contributed by atoms with E-state index in [1.807, 2.05) is 0 Å². The second kappa shape index (κ2) is 6.18. The maximum atomic E-state index is 12.4. The van der Waals surface area contributed by atoms with Crippen LogP contribution in [0.15, 0.2) is 0 Å². The Bertz CT molecular complexity index is 311. The summed E-state index contributed by atoms with van der Waals surface area (Å²) in [6, 6.07) is -0.0819. The lowest BCUT2D eigenvalue weighted by Crippen LogP contribution is -2.55. The number of hydrogen-bond donors (Lipinski definition) is 1. The Labute approximate surface area is 108 Å². The maximum Gasteiger partial charge on any atom is 0.241 e. The van der Waals surface area contributed by atoms with Crippen molar-refractivity contribution >= 4 is 11.8 Å². The van der Waals surface area contributed by atoms with Crippen molar-refractivity contribution in [2.24, 2.45) is 0 Å². The van der Waals surface area contributed by atoms with Crippen LogP contribution in [-0.2, 0) is 9.59 Å². The van der Waals surface area contributed by atoms with E-state index in [0.717, 1.165) is 25.8 Å². The summed E-state index contributed by atoms with van der Waals surface area (Å²) in [7, 11) is 1.79. The van der Waals surface area contributed by atoms with E-state index >= 15 is 0 Å². The fourth-order valence-electron chi connectivity index (χ4n) is 2.58. The lowest BCUT2D eigenvalue weighted by atomic mass is 10.0. The van der Waals surface area contributed by atoms with Crippen molar-refractivity contribution in [3.8, 4) is 0 Å². The van der Waals surface area contributed by atoms with Gasteiger partial charge in [0, 0.05) is 20.1 Å². The van der Waals surface area contributed by atoms with Crippen LogP contribution in [0.4, 0.5) is 0 Å². The summed E-state index contributed by atoms with van der Waals surface area (Å²) in [6.07, 6.45) is 5.62. The Hall–Kier alpha value is -1.10. The molecule has 0 saturated carbocycles. The van der Waals surface area contributed by atoms with Crippen LogP contribution in [-0.4, -0.2) is 60.9 Å². The predicted molar refractivity (Wildman–Crippen MR) is 69.1 cm³/mol. The molecule has 0 spiro atoms. The first-order chi connectivity index (χ1) is 8.68. The third-order valence-corrected chi connectivity index (χ3v) is 3.88. The molecule has 0 aromatic carbocycles. The smallest absolute Gasteiger partial charge is 0.241 e. The normalized spacial score (nSPS) is 26.7. The highest BCUT2D eigenvalue weighted by atomic mass is 16.2. The van der Waals surface area contributed by atoms with Crippen LogP contribution in [0.25, 0.3) is 0 Å². The molecule has 0 bridgehead atoms. The molecule has 2 amide bonds. The molecule has 1 atom stereocenters. The summed E-state index contributed by atoms with van der Waals surface area (Å²) in [6.45, 7) is 2.47. The Morgan fingerprint density at radius 3 is 2.78 bits per heavy atom. The molecule has 1 N–H and O–H groups in total. The van der Waals surface area contributed by atoms with Crippen molar-refractivity contribution in [1.29, 1.82) is 0 Å². The minimum Gasteiger partial charge on any atom is -0.342 e. The van der Waals surface area contributed by atoms with E-state index < -0.39 is 0 Å². The molecule has 2 heterocycles. The van der Waals surface area contributed by atoms with Gasteiger partial charge in [0.25, 0.3) is 0 Å². The highest BCUT2D eigenvalue weighted by Gasteiger charge is 2.29. The van der Waals surface area contributed by atoms with Crippen LogP contribution >= 0.6 is 0 Å². The molecule has 0 radical (unpaired) electrons. The fraction of sp³-hybridized carbons (Fsp3) is 0.846. The summed E-state index contributed by atoms with van der Waals surface area (Å²) >= 11 is 0. The number of likely N-dealkylation sites (N-methyl/N-ethyl adjacent to an activating group) is 1. The highest BCUT2D eigenvalue weighted by Crippen LogP contribution is 2.12. The van der Waals surface area contributed by atoms with E-state index in [9.17, 15) is 9.59 Å². The minimum atomic E-state index is -0.0819. The Morgan fingerprint density at radius 2 is 2.00 bits per heavy atom. The zero-order chi connectivity index (χ0) is 13.0. The zero-order valence-electron chi connectivity index (χ0n) is 11.2. The molecule has 2 rings (SSSR count). The third kappa shape index (κ3) is 3.22. The Morgan fingerprint density at radius 1 is 1.22 bits per heavy atom. The van der Waals surface area contributed by atoms with Gasteiger partial charge in [0.2, 0.25) is 11.8 Å². The monoisotopic (exact) mass is 253 g/mol. The van der Waals surface area contributed by atoms with Gasteiger partial charge in [-0.05, 0) is 19.4 Å². The van der Waals surface area contributed by atoms with Gasteiger partial charge in [0.15, 0.2) is 0 Å². The number of piperazine rings is 1. The van der Waals surface area contributed by atoms with E-state index in [1.165, 1.54) is 12.8 Å². The number of amides is 2. The molecule has 18 heavy (non-hydrogen) atoms. The van der Waals surface area contributed by atoms with Gasteiger partial charge >= 0.3 is 0 Å². The predicted octanol–water partition coefficient (Wildman–Crippen LogP) is 0.209. The van der Waals surface area contributed by atoms with Gasteiger partial charge in [0.1, 0.15) is 0 Å². The largest absolute Gasteiger partial charge is 0.342 e. The molecule has 0 aromatic heterocycles. The van der Waals surface area contributed by atoms with E-state index in [4.69, 9.17) is 0 Å². The molecule has 5 nitrogen and oxygen atoms in total. The molecular formula is C13H23N3O2. The van der Waals surface area contributed by atoms with Gasteiger partial charge in [-0.15, -0.1) is 0 Å². The van der Waals surface area contributed by atoms with Gasteiger partial charge in [-0.25, -0.2) is 0 Å². The lowest BCUT2D eigenvalue weighted by molar-refractivity contribution is -0.145. The first-order valence-electron chi connectivity index (χ1n) is 6.94. The number of hydrogen-bond acceptors (Lipinski definition) is 3. The van der Waals surface area contributed by atoms with E-state index in [2.05, 4.69) is 5.32 Å². The molecule has 0 aliphatic carbocycles. The summed E-state index contributed by atoms with van der Waals surface area (Å²) in [5.74, 6) is 0.152. The number of nitrogens with one attached hydrogen (secondary N) is 1. The van der Waals surface area contributed by atoms with Gasteiger partial charge in [-0.3, -0.25) is 9.59 Å². The van der Waals surface area contributed by atoms with Gasteiger partial charge in [0.05, 0.1) is 12.6 Å². The summed E-state index contributed by atoms with van der Waals surface area (Å²) < 4.78 is 0. The molecule has 2 fully saturated rings. The second-order valence-electron chi connectivity index (χ2n) is 5.28. The molecule has 2 saturated heterocycles. The van der Waals surface area contributed by atoms with Crippen LogP contribution < -0.4 is 5.32 Å². The molecular weight excluding hydrogens is 230 g/mol. The SMILES string of the molecule is CN1CCN(C(=O)C2CCCCCCN2)CC1=O. The lowest BCUT2D eigenvalue weighted by Gasteiger charge is -2.34. The molecule has 0 aromatic rings. The quantitative estimate of drug-likeness (QED) is 0.727. The van der Waals surface area contributed by atoms with Gasteiger partial charge in [-0.2, -0.15) is 0 Å². The molecule has 5 heteroatoms. The Balaban J connectivity index is 1.90. The number of nitrogens with zero attached hydrogens (tertiary/aromatic N) is 2. The van der Waals surface area contributed by atoms with Gasteiger partial charge < -0.3 is 15.1 Å². The van der Waals surface area contributed by atoms with Gasteiger partial charge in [-0.1, -0.05) is 19.3 Å². The van der Waals surface area contributed by atoms with Crippen LogP contribution in [0, 0.1) is 0 Å². The topological polar surface area (TPSA) is 52.6 Å². The fourth-order valence-corrected chi connectivity index (χ4v) is 2.58. The number of carbonyl (C=O) groups is 2. The van der Waals surface area contributed by atoms with Crippen molar-refractivity contribution in [3.05, 3.63) is 0 Å². The average molecular weight is 253 g/mol. The third-order valence-electron chi connectivity index (χ3n) is 3.88. The maximum absolute atomic E-state index is 12.4. The summed E-state index contributed by atoms with van der Waals surface area (Å²) in [5.41, 5.74) is 0. The summed E-state index contributed by atoms with van der Waals surface area (Å²) in [5, 5.41) is 3.33. The molecule has 2 aliphatic rings. The van der Waals surface area contributed by atoms with Crippen LogP contribution in [0.1, 0.15) is 32.1 Å². The van der Waals surface area contributed by atoms with Crippen LogP contribution in [0.5, 0.6) is 0 Å². The molecule has 102 valence electrons. The minimum absolute atomic E-state index is 0.0421. The number of carbonyl (C=O) groups excluding carboxylic acids is 2. The van der Waals surface area contributed by atoms with Crippen LogP contribution in [0.3, 0.4) is 0 Å².